The summed E-state index contributed by atoms with van der Waals surface area (Å²) < 4.78 is 0. The normalized spacial score (nSPS) is 13.3. The molecule has 2 nitrogen and oxygen atoms in total. The summed E-state index contributed by atoms with van der Waals surface area (Å²) in [6.45, 7) is 4.74. The van der Waals surface area contributed by atoms with E-state index >= 15 is 0 Å². The highest BCUT2D eigenvalue weighted by atomic mass is 35.5. The van der Waals surface area contributed by atoms with Crippen molar-refractivity contribution in [3.05, 3.63) is 70.2 Å². The zero-order valence-corrected chi connectivity index (χ0v) is 14.5. The van der Waals surface area contributed by atoms with E-state index in [-0.39, 0.29) is 12.4 Å². The van der Waals surface area contributed by atoms with Crippen LogP contribution in [0.4, 0.5) is 0 Å². The predicted octanol–water partition coefficient (Wildman–Crippen LogP) is 4.32. The van der Waals surface area contributed by atoms with Crippen LogP contribution in [0, 0.1) is 6.92 Å². The molecule has 2 rings (SSSR count). The lowest BCUT2D eigenvalue weighted by Crippen LogP contribution is -2.32. The SMILES string of the molecule is Cc1ccc(CC(C)NC[C@H](O)c2cccc(Cl)c2)cc1.Cl. The molecule has 0 heterocycles. The lowest BCUT2D eigenvalue weighted by atomic mass is 10.0. The topological polar surface area (TPSA) is 32.3 Å². The van der Waals surface area contributed by atoms with Crippen molar-refractivity contribution in [2.45, 2.75) is 32.4 Å². The summed E-state index contributed by atoms with van der Waals surface area (Å²) in [5.41, 5.74) is 3.42. The number of hydrogen-bond acceptors (Lipinski definition) is 2. The molecule has 4 heteroatoms. The van der Waals surface area contributed by atoms with Gasteiger partial charge in [-0.25, -0.2) is 0 Å². The van der Waals surface area contributed by atoms with Crippen LogP contribution in [-0.2, 0) is 6.42 Å². The molecule has 2 aromatic carbocycles. The molecule has 2 atom stereocenters. The van der Waals surface area contributed by atoms with E-state index in [1.54, 1.807) is 6.07 Å². The fourth-order valence-corrected chi connectivity index (χ4v) is 2.49. The monoisotopic (exact) mass is 339 g/mol. The number of benzene rings is 2. The van der Waals surface area contributed by atoms with Gasteiger partial charge < -0.3 is 10.4 Å². The smallest absolute Gasteiger partial charge is 0.0914 e. The van der Waals surface area contributed by atoms with Gasteiger partial charge in [0.1, 0.15) is 0 Å². The van der Waals surface area contributed by atoms with Crippen LogP contribution in [-0.4, -0.2) is 17.7 Å². The van der Waals surface area contributed by atoms with Crippen LogP contribution in [0.5, 0.6) is 0 Å². The third kappa shape index (κ3) is 5.98. The maximum atomic E-state index is 10.2. The van der Waals surface area contributed by atoms with Gasteiger partial charge in [-0.2, -0.15) is 0 Å². The Labute approximate surface area is 143 Å². The molecule has 0 aliphatic heterocycles. The second-order valence-electron chi connectivity index (χ2n) is 5.57. The minimum Gasteiger partial charge on any atom is -0.387 e. The van der Waals surface area contributed by atoms with Crippen LogP contribution in [0.15, 0.2) is 48.5 Å². The van der Waals surface area contributed by atoms with Crippen molar-refractivity contribution in [1.29, 1.82) is 0 Å². The van der Waals surface area contributed by atoms with E-state index in [2.05, 4.69) is 43.4 Å². The van der Waals surface area contributed by atoms with Crippen molar-refractivity contribution < 1.29 is 5.11 Å². The van der Waals surface area contributed by atoms with Crippen LogP contribution >= 0.6 is 24.0 Å². The van der Waals surface area contributed by atoms with Gasteiger partial charge in [0.05, 0.1) is 6.10 Å². The lowest BCUT2D eigenvalue weighted by Gasteiger charge is -2.18. The Hall–Kier alpha value is -1.06. The summed E-state index contributed by atoms with van der Waals surface area (Å²) in [4.78, 5) is 0. The molecule has 0 fully saturated rings. The van der Waals surface area contributed by atoms with E-state index in [1.807, 2.05) is 18.2 Å². The highest BCUT2D eigenvalue weighted by Gasteiger charge is 2.10. The summed E-state index contributed by atoms with van der Waals surface area (Å²) in [6, 6.07) is 16.2. The minimum atomic E-state index is -0.538. The first-order valence-corrected chi connectivity index (χ1v) is 7.65. The molecule has 0 radical (unpaired) electrons. The molecule has 0 amide bonds. The summed E-state index contributed by atoms with van der Waals surface area (Å²) in [7, 11) is 0. The molecule has 22 heavy (non-hydrogen) atoms. The van der Waals surface area contributed by atoms with Gasteiger partial charge in [0.15, 0.2) is 0 Å². The van der Waals surface area contributed by atoms with Crippen LogP contribution in [0.2, 0.25) is 5.02 Å². The van der Waals surface area contributed by atoms with E-state index in [1.165, 1.54) is 11.1 Å². The molecular formula is C18H23Cl2NO. The van der Waals surface area contributed by atoms with Crippen LogP contribution in [0.25, 0.3) is 0 Å². The van der Waals surface area contributed by atoms with E-state index < -0.39 is 6.10 Å². The van der Waals surface area contributed by atoms with Crippen molar-refractivity contribution in [3.63, 3.8) is 0 Å². The van der Waals surface area contributed by atoms with Crippen molar-refractivity contribution in [2.24, 2.45) is 0 Å². The van der Waals surface area contributed by atoms with Gasteiger partial charge in [-0.1, -0.05) is 53.6 Å². The first-order chi connectivity index (χ1) is 10.0. The summed E-state index contributed by atoms with van der Waals surface area (Å²) in [5.74, 6) is 0. The van der Waals surface area contributed by atoms with Gasteiger partial charge in [0.2, 0.25) is 0 Å². The Balaban J connectivity index is 0.00000242. The standard InChI is InChI=1S/C18H22ClNO.ClH/c1-13-6-8-15(9-7-13)10-14(2)20-12-18(21)16-4-3-5-17(19)11-16;/h3-9,11,14,18,20-21H,10,12H2,1-2H3;1H/t14?,18-;/m0./s1. The summed E-state index contributed by atoms with van der Waals surface area (Å²) in [6.07, 6.45) is 0.409. The zero-order chi connectivity index (χ0) is 15.2. The molecule has 0 spiro atoms. The predicted molar refractivity (Wildman–Crippen MR) is 96.0 cm³/mol. The van der Waals surface area contributed by atoms with Gasteiger partial charge in [-0.15, -0.1) is 12.4 Å². The molecule has 0 aliphatic rings. The zero-order valence-electron chi connectivity index (χ0n) is 12.9. The van der Waals surface area contributed by atoms with Gasteiger partial charge in [-0.3, -0.25) is 0 Å². The van der Waals surface area contributed by atoms with Gasteiger partial charge >= 0.3 is 0 Å². The largest absolute Gasteiger partial charge is 0.387 e. The summed E-state index contributed by atoms with van der Waals surface area (Å²) >= 11 is 5.94. The molecule has 0 saturated heterocycles. The second kappa shape index (κ2) is 9.16. The van der Waals surface area contributed by atoms with Crippen LogP contribution in [0.3, 0.4) is 0 Å². The highest BCUT2D eigenvalue weighted by molar-refractivity contribution is 6.30. The molecule has 1 unspecified atom stereocenters. The third-order valence-electron chi connectivity index (χ3n) is 3.56. The fourth-order valence-electron chi connectivity index (χ4n) is 2.29. The molecule has 0 aliphatic carbocycles. The van der Waals surface area contributed by atoms with Gasteiger partial charge in [-0.05, 0) is 43.5 Å². The van der Waals surface area contributed by atoms with Crippen molar-refractivity contribution in [1.82, 2.24) is 5.32 Å². The fraction of sp³-hybridized carbons (Fsp3) is 0.333. The maximum Gasteiger partial charge on any atom is 0.0914 e. The number of hydrogen-bond donors (Lipinski definition) is 2. The summed E-state index contributed by atoms with van der Waals surface area (Å²) in [5, 5.41) is 14.2. The first-order valence-electron chi connectivity index (χ1n) is 7.27. The average Bonchev–Trinajstić information content (AvgIpc) is 2.47. The molecule has 2 aromatic rings. The molecular weight excluding hydrogens is 317 g/mol. The minimum absolute atomic E-state index is 0. The maximum absolute atomic E-state index is 10.2. The molecule has 0 saturated carbocycles. The van der Waals surface area contributed by atoms with Gasteiger partial charge in [0.25, 0.3) is 0 Å². The number of nitrogens with one attached hydrogen (secondary N) is 1. The molecule has 2 N–H and O–H groups in total. The van der Waals surface area contributed by atoms with Crippen LogP contribution < -0.4 is 5.32 Å². The lowest BCUT2D eigenvalue weighted by molar-refractivity contribution is 0.170. The van der Waals surface area contributed by atoms with Gasteiger partial charge in [0, 0.05) is 17.6 Å². The Morgan fingerprint density at radius 3 is 2.45 bits per heavy atom. The quantitative estimate of drug-likeness (QED) is 0.821. The van der Waals surface area contributed by atoms with E-state index in [4.69, 9.17) is 11.6 Å². The first kappa shape index (κ1) is 19.0. The average molecular weight is 340 g/mol. The Morgan fingerprint density at radius 2 is 1.82 bits per heavy atom. The van der Waals surface area contributed by atoms with E-state index in [0.29, 0.717) is 17.6 Å². The van der Waals surface area contributed by atoms with Crippen molar-refractivity contribution >= 4 is 24.0 Å². The highest BCUT2D eigenvalue weighted by Crippen LogP contribution is 2.17. The number of aliphatic hydroxyl groups excluding tert-OH is 1. The number of aryl methyl sites for hydroxylation is 1. The Morgan fingerprint density at radius 1 is 1.14 bits per heavy atom. The molecule has 120 valence electrons. The van der Waals surface area contributed by atoms with E-state index in [0.717, 1.165) is 12.0 Å². The molecule has 0 aromatic heterocycles. The van der Waals surface area contributed by atoms with Crippen molar-refractivity contribution in [2.75, 3.05) is 6.54 Å². The van der Waals surface area contributed by atoms with Crippen molar-refractivity contribution in [3.8, 4) is 0 Å². The number of aliphatic hydroxyl groups is 1. The number of rotatable bonds is 6. The Kier molecular flexibility index (Phi) is 7.91. The third-order valence-corrected chi connectivity index (χ3v) is 3.79. The van der Waals surface area contributed by atoms with E-state index in [9.17, 15) is 5.11 Å². The number of halogens is 2. The van der Waals surface area contributed by atoms with Crippen LogP contribution in [0.1, 0.15) is 29.7 Å². The second-order valence-corrected chi connectivity index (χ2v) is 6.01. The Bertz CT molecular complexity index is 572. The molecule has 0 bridgehead atoms.